The Labute approximate surface area is 120 Å². The van der Waals surface area contributed by atoms with Gasteiger partial charge in [-0.3, -0.25) is 0 Å². The average molecular weight is 272 g/mol. The van der Waals surface area contributed by atoms with Crippen LogP contribution in [0.25, 0.3) is 0 Å². The summed E-state index contributed by atoms with van der Waals surface area (Å²) in [4.78, 5) is 7.56. The molecule has 19 heavy (non-hydrogen) atoms. The van der Waals surface area contributed by atoms with E-state index in [0.29, 0.717) is 0 Å². The van der Waals surface area contributed by atoms with Crippen LogP contribution in [0.15, 0.2) is 0 Å². The molecule has 4 heteroatoms. The van der Waals surface area contributed by atoms with Crippen molar-refractivity contribution in [1.29, 1.82) is 0 Å². The van der Waals surface area contributed by atoms with Gasteiger partial charge in [0.15, 0.2) is 0 Å². The van der Waals surface area contributed by atoms with E-state index in [1.54, 1.807) is 0 Å². The van der Waals surface area contributed by atoms with Gasteiger partial charge in [0.1, 0.15) is 0 Å². The van der Waals surface area contributed by atoms with Crippen molar-refractivity contribution in [1.82, 2.24) is 14.7 Å². The molecule has 0 heterocycles. The van der Waals surface area contributed by atoms with Crippen LogP contribution in [0.1, 0.15) is 34.1 Å². The number of rotatable bonds is 13. The normalized spacial score (nSPS) is 12.0. The van der Waals surface area contributed by atoms with Crippen molar-refractivity contribution in [3.63, 3.8) is 0 Å². The van der Waals surface area contributed by atoms with Crippen LogP contribution in [-0.4, -0.2) is 80.1 Å². The van der Waals surface area contributed by atoms with Gasteiger partial charge in [-0.1, -0.05) is 27.7 Å². The van der Waals surface area contributed by atoms with Gasteiger partial charge in [0, 0.05) is 26.2 Å². The van der Waals surface area contributed by atoms with E-state index in [1.165, 1.54) is 26.2 Å². The predicted molar refractivity (Wildman–Crippen MR) is 85.7 cm³/mol. The first-order valence-corrected chi connectivity index (χ1v) is 8.08. The molecule has 0 radical (unpaired) electrons. The molecule has 0 bridgehead atoms. The lowest BCUT2D eigenvalue weighted by molar-refractivity contribution is 0.185. The van der Waals surface area contributed by atoms with Crippen molar-refractivity contribution in [3.8, 4) is 0 Å². The highest BCUT2D eigenvalue weighted by Crippen LogP contribution is 1.96. The average Bonchev–Trinajstić information content (AvgIpc) is 2.45. The summed E-state index contributed by atoms with van der Waals surface area (Å²) in [5.41, 5.74) is 5.65. The van der Waals surface area contributed by atoms with Crippen molar-refractivity contribution in [3.05, 3.63) is 0 Å². The topological polar surface area (TPSA) is 35.7 Å². The molecule has 0 aromatic heterocycles. The van der Waals surface area contributed by atoms with Crippen LogP contribution >= 0.6 is 0 Å². The van der Waals surface area contributed by atoms with Crippen LogP contribution in [0.5, 0.6) is 0 Å². The van der Waals surface area contributed by atoms with E-state index in [1.807, 2.05) is 0 Å². The molecule has 0 atom stereocenters. The highest BCUT2D eigenvalue weighted by Gasteiger charge is 2.08. The molecule has 2 N–H and O–H groups in total. The third-order valence-electron chi connectivity index (χ3n) is 3.93. The second kappa shape index (κ2) is 12.9. The Bertz CT molecular complexity index is 163. The number of nitrogens with zero attached hydrogens (tertiary/aromatic N) is 3. The van der Waals surface area contributed by atoms with E-state index >= 15 is 0 Å². The molecule has 0 spiro atoms. The third kappa shape index (κ3) is 9.38. The number of hydrogen-bond donors (Lipinski definition) is 1. The molecule has 0 aliphatic carbocycles. The van der Waals surface area contributed by atoms with Crippen LogP contribution in [0.3, 0.4) is 0 Å². The molecule has 0 aromatic carbocycles. The Morgan fingerprint density at radius 1 is 0.579 bits per heavy atom. The summed E-state index contributed by atoms with van der Waals surface area (Å²) >= 11 is 0. The summed E-state index contributed by atoms with van der Waals surface area (Å²) < 4.78 is 0. The summed E-state index contributed by atoms with van der Waals surface area (Å²) in [7, 11) is 0. The highest BCUT2D eigenvalue weighted by molar-refractivity contribution is 4.65. The van der Waals surface area contributed by atoms with Gasteiger partial charge in [-0.25, -0.2) is 0 Å². The van der Waals surface area contributed by atoms with Gasteiger partial charge in [-0.05, 0) is 45.7 Å². The predicted octanol–water partition coefficient (Wildman–Crippen LogP) is 1.32. The molecule has 0 saturated heterocycles. The van der Waals surface area contributed by atoms with Crippen molar-refractivity contribution in [2.45, 2.75) is 34.1 Å². The summed E-state index contributed by atoms with van der Waals surface area (Å²) in [6.45, 7) is 20.2. The fourth-order valence-electron chi connectivity index (χ4n) is 2.30. The fourth-order valence-corrected chi connectivity index (χ4v) is 2.30. The van der Waals surface area contributed by atoms with E-state index in [4.69, 9.17) is 5.73 Å². The molecule has 4 nitrogen and oxygen atoms in total. The molecule has 0 saturated carbocycles. The Morgan fingerprint density at radius 3 is 1.26 bits per heavy atom. The minimum Gasteiger partial charge on any atom is -0.330 e. The van der Waals surface area contributed by atoms with E-state index < -0.39 is 0 Å². The first-order valence-electron chi connectivity index (χ1n) is 8.08. The van der Waals surface area contributed by atoms with Gasteiger partial charge in [0.25, 0.3) is 0 Å². The molecule has 0 fully saturated rings. The third-order valence-corrected chi connectivity index (χ3v) is 3.93. The van der Waals surface area contributed by atoms with Gasteiger partial charge in [0.2, 0.25) is 0 Å². The second-order valence-electron chi connectivity index (χ2n) is 5.04. The zero-order valence-electron chi connectivity index (χ0n) is 13.7. The van der Waals surface area contributed by atoms with Crippen LogP contribution < -0.4 is 5.73 Å². The molecule has 0 amide bonds. The van der Waals surface area contributed by atoms with Crippen LogP contribution in [0, 0.1) is 0 Å². The van der Waals surface area contributed by atoms with Crippen LogP contribution in [0.4, 0.5) is 0 Å². The summed E-state index contributed by atoms with van der Waals surface area (Å²) in [6.07, 6.45) is 1.11. The highest BCUT2D eigenvalue weighted by atomic mass is 15.2. The lowest BCUT2D eigenvalue weighted by Gasteiger charge is -2.28. The van der Waals surface area contributed by atoms with Crippen molar-refractivity contribution >= 4 is 0 Å². The van der Waals surface area contributed by atoms with Crippen LogP contribution in [-0.2, 0) is 0 Å². The van der Waals surface area contributed by atoms with Gasteiger partial charge < -0.3 is 20.4 Å². The maximum Gasteiger partial charge on any atom is 0.0110 e. The summed E-state index contributed by atoms with van der Waals surface area (Å²) in [5, 5.41) is 0. The molecular weight excluding hydrogens is 236 g/mol. The van der Waals surface area contributed by atoms with Crippen molar-refractivity contribution in [2.75, 3.05) is 65.4 Å². The van der Waals surface area contributed by atoms with Crippen molar-refractivity contribution < 1.29 is 0 Å². The first kappa shape index (κ1) is 18.8. The minimum atomic E-state index is 0.799. The molecule has 116 valence electrons. The number of hydrogen-bond acceptors (Lipinski definition) is 4. The van der Waals surface area contributed by atoms with Crippen LogP contribution in [0.2, 0.25) is 0 Å². The Balaban J connectivity index is 4.06. The number of nitrogens with two attached hydrogens (primary N) is 1. The SMILES string of the molecule is CCN(CC)CCN(CCCN)CCN(CC)CC. The van der Waals surface area contributed by atoms with E-state index in [2.05, 4.69) is 42.4 Å². The van der Waals surface area contributed by atoms with E-state index in [-0.39, 0.29) is 0 Å². The minimum absolute atomic E-state index is 0.799. The largest absolute Gasteiger partial charge is 0.330 e. The standard InChI is InChI=1S/C15H36N4/c1-5-17(6-2)12-14-19(11-9-10-16)15-13-18(7-3)8-4/h5-16H2,1-4H3. The molecule has 0 aliphatic rings. The Hall–Kier alpha value is -0.160. The van der Waals surface area contributed by atoms with Gasteiger partial charge in [-0.15, -0.1) is 0 Å². The zero-order chi connectivity index (χ0) is 14.5. The quantitative estimate of drug-likeness (QED) is 0.548. The monoisotopic (exact) mass is 272 g/mol. The molecule has 0 aliphatic heterocycles. The molecule has 0 aromatic rings. The first-order chi connectivity index (χ1) is 9.21. The fraction of sp³-hybridized carbons (Fsp3) is 1.00. The smallest absolute Gasteiger partial charge is 0.0110 e. The Kier molecular flexibility index (Phi) is 12.7. The van der Waals surface area contributed by atoms with E-state index in [9.17, 15) is 0 Å². The van der Waals surface area contributed by atoms with Gasteiger partial charge >= 0.3 is 0 Å². The molecular formula is C15H36N4. The van der Waals surface area contributed by atoms with Gasteiger partial charge in [-0.2, -0.15) is 0 Å². The second-order valence-corrected chi connectivity index (χ2v) is 5.04. The maximum absolute atomic E-state index is 5.65. The van der Waals surface area contributed by atoms with E-state index in [0.717, 1.165) is 45.7 Å². The van der Waals surface area contributed by atoms with Crippen molar-refractivity contribution in [2.24, 2.45) is 5.73 Å². The zero-order valence-corrected chi connectivity index (χ0v) is 13.7. The lowest BCUT2D eigenvalue weighted by atomic mass is 10.3. The molecule has 0 rings (SSSR count). The molecule has 0 unspecified atom stereocenters. The summed E-state index contributed by atoms with van der Waals surface area (Å²) in [5.74, 6) is 0. The maximum atomic E-state index is 5.65. The Morgan fingerprint density at radius 2 is 0.947 bits per heavy atom. The number of likely N-dealkylation sites (N-methyl/N-ethyl adjacent to an activating group) is 2. The van der Waals surface area contributed by atoms with Gasteiger partial charge in [0.05, 0.1) is 0 Å². The lowest BCUT2D eigenvalue weighted by Crippen LogP contribution is -2.40. The summed E-state index contributed by atoms with van der Waals surface area (Å²) in [6, 6.07) is 0.